The Morgan fingerprint density at radius 2 is 2.22 bits per heavy atom. The molecule has 1 saturated heterocycles. The third kappa shape index (κ3) is 3.83. The Hall–Kier alpha value is -0.840. The molecule has 1 fully saturated rings. The van der Waals surface area contributed by atoms with E-state index in [9.17, 15) is 4.79 Å². The lowest BCUT2D eigenvalue weighted by molar-refractivity contribution is 0.0707. The maximum absolute atomic E-state index is 12.2. The minimum Gasteiger partial charge on any atom is -0.337 e. The molecule has 0 radical (unpaired) electrons. The molecule has 4 nitrogen and oxygen atoms in total. The van der Waals surface area contributed by atoms with Gasteiger partial charge < -0.3 is 10.6 Å². The Kier molecular flexibility index (Phi) is 7.21. The predicted octanol–water partition coefficient (Wildman–Crippen LogP) is 1.80. The van der Waals surface area contributed by atoms with Gasteiger partial charge in [0, 0.05) is 31.0 Å². The number of amides is 1. The van der Waals surface area contributed by atoms with Gasteiger partial charge in [0.15, 0.2) is 0 Å². The van der Waals surface area contributed by atoms with Crippen LogP contribution < -0.4 is 5.73 Å². The van der Waals surface area contributed by atoms with Gasteiger partial charge in [-0.3, -0.25) is 9.78 Å². The number of pyridine rings is 1. The number of likely N-dealkylation sites (tertiary alicyclic amines) is 1. The second-order valence-electron chi connectivity index (χ2n) is 4.29. The first-order valence-electron chi connectivity index (χ1n) is 5.65. The molecule has 0 saturated carbocycles. The van der Waals surface area contributed by atoms with Crippen molar-refractivity contribution in [3.8, 4) is 0 Å². The average Bonchev–Trinajstić information content (AvgIpc) is 2.29. The van der Waals surface area contributed by atoms with Crippen LogP contribution in [0.2, 0.25) is 0 Å². The summed E-state index contributed by atoms with van der Waals surface area (Å²) in [6, 6.07) is 3.74. The van der Waals surface area contributed by atoms with Gasteiger partial charge >= 0.3 is 0 Å². The quantitative estimate of drug-likeness (QED) is 0.858. The number of rotatable bonds is 1. The lowest BCUT2D eigenvalue weighted by Crippen LogP contribution is -2.45. The summed E-state index contributed by atoms with van der Waals surface area (Å²) in [5, 5.41) is 0. The van der Waals surface area contributed by atoms with Crippen LogP contribution in [0.5, 0.6) is 0 Å². The van der Waals surface area contributed by atoms with E-state index in [1.807, 2.05) is 17.9 Å². The van der Waals surface area contributed by atoms with Gasteiger partial charge in [-0.15, -0.1) is 24.8 Å². The summed E-state index contributed by atoms with van der Waals surface area (Å²) in [6.07, 6.45) is 3.70. The van der Waals surface area contributed by atoms with Crippen molar-refractivity contribution in [1.82, 2.24) is 9.88 Å². The van der Waals surface area contributed by atoms with Crippen LogP contribution in [0.15, 0.2) is 18.3 Å². The molecule has 1 amide bonds. The van der Waals surface area contributed by atoms with Crippen LogP contribution in [0.4, 0.5) is 0 Å². The van der Waals surface area contributed by atoms with E-state index in [-0.39, 0.29) is 36.8 Å². The molecule has 1 aromatic rings. The first-order valence-corrected chi connectivity index (χ1v) is 5.65. The lowest BCUT2D eigenvalue weighted by Gasteiger charge is -2.31. The normalized spacial score (nSPS) is 18.6. The molecule has 2 heterocycles. The van der Waals surface area contributed by atoms with Crippen LogP contribution in [-0.4, -0.2) is 34.9 Å². The maximum atomic E-state index is 12.2. The third-order valence-corrected chi connectivity index (χ3v) is 2.98. The van der Waals surface area contributed by atoms with Gasteiger partial charge in [-0.25, -0.2) is 0 Å². The first kappa shape index (κ1) is 17.2. The van der Waals surface area contributed by atoms with Gasteiger partial charge in [-0.2, -0.15) is 0 Å². The van der Waals surface area contributed by atoms with Crippen molar-refractivity contribution >= 4 is 30.7 Å². The zero-order valence-electron chi connectivity index (χ0n) is 10.3. The highest BCUT2D eigenvalue weighted by Gasteiger charge is 2.23. The summed E-state index contributed by atoms with van der Waals surface area (Å²) in [5.74, 6) is 0.0563. The molecule has 1 unspecified atom stereocenters. The SMILES string of the molecule is Cc1ncccc1C(=O)N1CCCC(N)C1.Cl.Cl. The largest absolute Gasteiger partial charge is 0.337 e. The molecule has 1 aliphatic rings. The predicted molar refractivity (Wildman–Crippen MR) is 76.6 cm³/mol. The van der Waals surface area contributed by atoms with Crippen LogP contribution in [0.3, 0.4) is 0 Å². The Balaban J connectivity index is 0.00000144. The maximum Gasteiger partial charge on any atom is 0.255 e. The molecule has 2 rings (SSSR count). The number of nitrogens with two attached hydrogens (primary N) is 1. The molecule has 0 bridgehead atoms. The van der Waals surface area contributed by atoms with Crippen molar-refractivity contribution in [2.75, 3.05) is 13.1 Å². The fraction of sp³-hybridized carbons (Fsp3) is 0.500. The monoisotopic (exact) mass is 291 g/mol. The standard InChI is InChI=1S/C12H17N3O.2ClH/c1-9-11(5-2-6-14-9)12(16)15-7-3-4-10(13)8-15;;/h2,5-6,10H,3-4,7-8,13H2,1H3;2*1H. The highest BCUT2D eigenvalue weighted by Crippen LogP contribution is 2.14. The molecule has 1 aliphatic heterocycles. The number of carbonyl (C=O) groups is 1. The van der Waals surface area contributed by atoms with Crippen LogP contribution in [-0.2, 0) is 0 Å². The molecule has 0 aromatic carbocycles. The third-order valence-electron chi connectivity index (χ3n) is 2.98. The highest BCUT2D eigenvalue weighted by molar-refractivity contribution is 5.95. The summed E-state index contributed by atoms with van der Waals surface area (Å²) >= 11 is 0. The molecule has 6 heteroatoms. The summed E-state index contributed by atoms with van der Waals surface area (Å²) in [5.41, 5.74) is 7.34. The topological polar surface area (TPSA) is 59.2 Å². The lowest BCUT2D eigenvalue weighted by atomic mass is 10.1. The second kappa shape index (κ2) is 7.56. The minimum atomic E-state index is 0. The Morgan fingerprint density at radius 3 is 2.83 bits per heavy atom. The molecule has 0 spiro atoms. The number of halogens is 2. The first-order chi connectivity index (χ1) is 7.68. The molecule has 1 atom stereocenters. The van der Waals surface area contributed by atoms with Gasteiger partial charge in [0.1, 0.15) is 0 Å². The van der Waals surface area contributed by atoms with Crippen LogP contribution in [0.1, 0.15) is 28.9 Å². The van der Waals surface area contributed by atoms with E-state index in [2.05, 4.69) is 4.98 Å². The average molecular weight is 292 g/mol. The van der Waals surface area contributed by atoms with Crippen molar-refractivity contribution in [3.05, 3.63) is 29.6 Å². The highest BCUT2D eigenvalue weighted by atomic mass is 35.5. The summed E-state index contributed by atoms with van der Waals surface area (Å²) in [7, 11) is 0. The molecule has 1 aromatic heterocycles. The van der Waals surface area contributed by atoms with Crippen molar-refractivity contribution in [2.24, 2.45) is 5.73 Å². The van der Waals surface area contributed by atoms with E-state index in [1.165, 1.54) is 0 Å². The zero-order chi connectivity index (χ0) is 11.5. The molecule has 102 valence electrons. The number of aryl methyl sites for hydroxylation is 1. The van der Waals surface area contributed by atoms with Crippen LogP contribution >= 0.6 is 24.8 Å². The number of hydrogen-bond acceptors (Lipinski definition) is 3. The number of nitrogens with zero attached hydrogens (tertiary/aromatic N) is 2. The van der Waals surface area contributed by atoms with E-state index < -0.39 is 0 Å². The Bertz CT molecular complexity index is 401. The van der Waals surface area contributed by atoms with Gasteiger partial charge in [0.25, 0.3) is 5.91 Å². The Morgan fingerprint density at radius 1 is 1.50 bits per heavy atom. The van der Waals surface area contributed by atoms with Gasteiger partial charge in [-0.05, 0) is 31.9 Å². The molecular weight excluding hydrogens is 273 g/mol. The van der Waals surface area contributed by atoms with E-state index in [1.54, 1.807) is 12.3 Å². The van der Waals surface area contributed by atoms with E-state index in [0.717, 1.165) is 25.1 Å². The van der Waals surface area contributed by atoms with Gasteiger partial charge in [0.2, 0.25) is 0 Å². The number of carbonyl (C=O) groups excluding carboxylic acids is 1. The molecule has 2 N–H and O–H groups in total. The summed E-state index contributed by atoms with van der Waals surface area (Å²) in [6.45, 7) is 3.32. The van der Waals surface area contributed by atoms with Gasteiger partial charge in [0.05, 0.1) is 5.56 Å². The number of piperidine rings is 1. The fourth-order valence-electron chi connectivity index (χ4n) is 2.08. The fourth-order valence-corrected chi connectivity index (χ4v) is 2.08. The smallest absolute Gasteiger partial charge is 0.255 e. The van der Waals surface area contributed by atoms with E-state index in [0.29, 0.717) is 12.1 Å². The van der Waals surface area contributed by atoms with Crippen LogP contribution in [0.25, 0.3) is 0 Å². The van der Waals surface area contributed by atoms with E-state index in [4.69, 9.17) is 5.73 Å². The second-order valence-corrected chi connectivity index (χ2v) is 4.29. The number of aromatic nitrogens is 1. The van der Waals surface area contributed by atoms with Gasteiger partial charge in [-0.1, -0.05) is 0 Å². The van der Waals surface area contributed by atoms with Crippen molar-refractivity contribution in [3.63, 3.8) is 0 Å². The van der Waals surface area contributed by atoms with E-state index >= 15 is 0 Å². The molecule has 18 heavy (non-hydrogen) atoms. The zero-order valence-corrected chi connectivity index (χ0v) is 12.0. The molecule has 0 aliphatic carbocycles. The minimum absolute atomic E-state index is 0. The van der Waals surface area contributed by atoms with Crippen molar-refractivity contribution < 1.29 is 4.79 Å². The Labute approximate surface area is 120 Å². The van der Waals surface area contributed by atoms with Crippen LogP contribution in [0, 0.1) is 6.92 Å². The number of hydrogen-bond donors (Lipinski definition) is 1. The summed E-state index contributed by atoms with van der Waals surface area (Å²) < 4.78 is 0. The molecular formula is C12H19Cl2N3O. The summed E-state index contributed by atoms with van der Waals surface area (Å²) in [4.78, 5) is 18.2. The van der Waals surface area contributed by atoms with Crippen molar-refractivity contribution in [2.45, 2.75) is 25.8 Å². The van der Waals surface area contributed by atoms with Crippen molar-refractivity contribution in [1.29, 1.82) is 0 Å².